The monoisotopic (exact) mass is 260 g/mol. The van der Waals surface area contributed by atoms with E-state index in [4.69, 9.17) is 0 Å². The van der Waals surface area contributed by atoms with Crippen LogP contribution in [-0.2, 0) is 0 Å². The van der Waals surface area contributed by atoms with Crippen LogP contribution in [-0.4, -0.2) is 41.6 Å². The first-order valence-corrected chi connectivity index (χ1v) is 7.01. The Bertz CT molecular complexity index is 430. The fourth-order valence-corrected chi connectivity index (χ4v) is 2.88. The fourth-order valence-electron chi connectivity index (χ4n) is 2.88. The summed E-state index contributed by atoms with van der Waals surface area (Å²) in [5.41, 5.74) is 1.13. The van der Waals surface area contributed by atoms with Crippen LogP contribution in [0.5, 0.6) is 0 Å². The van der Waals surface area contributed by atoms with Gasteiger partial charge < -0.3 is 15.5 Å². The zero-order valence-corrected chi connectivity index (χ0v) is 11.0. The third-order valence-corrected chi connectivity index (χ3v) is 3.95. The molecule has 19 heavy (non-hydrogen) atoms. The zero-order valence-electron chi connectivity index (χ0n) is 11.0. The number of hydrogen-bond donors (Lipinski definition) is 2. The van der Waals surface area contributed by atoms with Gasteiger partial charge in [0.25, 0.3) is 0 Å². The second kappa shape index (κ2) is 5.57. The van der Waals surface area contributed by atoms with Gasteiger partial charge in [0.15, 0.2) is 0 Å². The molecule has 0 radical (unpaired) electrons. The maximum absolute atomic E-state index is 12.0. The molecule has 102 valence electrons. The Kier molecular flexibility index (Phi) is 3.64. The topological polar surface area (TPSA) is 57.3 Å². The molecule has 1 aromatic rings. The summed E-state index contributed by atoms with van der Waals surface area (Å²) < 4.78 is 0. The van der Waals surface area contributed by atoms with Gasteiger partial charge in [-0.15, -0.1) is 0 Å². The number of carbonyl (C=O) groups excluding carboxylic acids is 1. The Morgan fingerprint density at radius 1 is 1.32 bits per heavy atom. The first kappa shape index (κ1) is 12.4. The van der Waals surface area contributed by atoms with Crippen molar-refractivity contribution in [3.8, 4) is 0 Å². The molecule has 2 unspecified atom stereocenters. The SMILES string of the molecule is O=C1NC(c2ccncc2)CN1CC1CCCCN1. The number of piperidine rings is 1. The van der Waals surface area contributed by atoms with E-state index < -0.39 is 0 Å². The van der Waals surface area contributed by atoms with E-state index >= 15 is 0 Å². The van der Waals surface area contributed by atoms with E-state index in [1.165, 1.54) is 19.3 Å². The van der Waals surface area contributed by atoms with Gasteiger partial charge in [-0.05, 0) is 37.1 Å². The number of nitrogens with zero attached hydrogens (tertiary/aromatic N) is 2. The Balaban J connectivity index is 1.60. The molecule has 2 aliphatic heterocycles. The number of pyridine rings is 1. The highest BCUT2D eigenvalue weighted by molar-refractivity contribution is 5.77. The van der Waals surface area contributed by atoms with Gasteiger partial charge in [0.2, 0.25) is 0 Å². The predicted octanol–water partition coefficient (Wildman–Crippen LogP) is 1.29. The van der Waals surface area contributed by atoms with Gasteiger partial charge >= 0.3 is 6.03 Å². The number of hydrogen-bond acceptors (Lipinski definition) is 3. The van der Waals surface area contributed by atoms with E-state index in [0.29, 0.717) is 6.04 Å². The number of urea groups is 1. The summed E-state index contributed by atoms with van der Waals surface area (Å²) in [5.74, 6) is 0. The molecule has 5 nitrogen and oxygen atoms in total. The average Bonchev–Trinajstić information content (AvgIpc) is 2.82. The number of amides is 2. The van der Waals surface area contributed by atoms with Crippen molar-refractivity contribution in [1.29, 1.82) is 0 Å². The Hall–Kier alpha value is -1.62. The van der Waals surface area contributed by atoms with Gasteiger partial charge in [-0.2, -0.15) is 0 Å². The van der Waals surface area contributed by atoms with E-state index in [1.54, 1.807) is 12.4 Å². The summed E-state index contributed by atoms with van der Waals surface area (Å²) in [6.07, 6.45) is 7.23. The van der Waals surface area contributed by atoms with Crippen molar-refractivity contribution in [3.63, 3.8) is 0 Å². The third-order valence-electron chi connectivity index (χ3n) is 3.95. The van der Waals surface area contributed by atoms with Crippen molar-refractivity contribution in [2.45, 2.75) is 31.3 Å². The molecule has 0 aliphatic carbocycles. The first-order valence-electron chi connectivity index (χ1n) is 7.01. The van der Waals surface area contributed by atoms with Crippen LogP contribution in [0.15, 0.2) is 24.5 Å². The Morgan fingerprint density at radius 3 is 2.89 bits per heavy atom. The molecule has 0 spiro atoms. The van der Waals surface area contributed by atoms with E-state index in [1.807, 2.05) is 17.0 Å². The van der Waals surface area contributed by atoms with Crippen molar-refractivity contribution in [3.05, 3.63) is 30.1 Å². The van der Waals surface area contributed by atoms with E-state index in [9.17, 15) is 4.79 Å². The van der Waals surface area contributed by atoms with Crippen molar-refractivity contribution >= 4 is 6.03 Å². The predicted molar refractivity (Wildman–Crippen MR) is 72.7 cm³/mol. The summed E-state index contributed by atoms with van der Waals surface area (Å²) in [5, 5.41) is 6.53. The molecule has 0 bridgehead atoms. The van der Waals surface area contributed by atoms with Crippen LogP contribution in [0.4, 0.5) is 4.79 Å². The molecule has 3 rings (SSSR count). The fraction of sp³-hybridized carbons (Fsp3) is 0.571. The summed E-state index contributed by atoms with van der Waals surface area (Å²) >= 11 is 0. The lowest BCUT2D eigenvalue weighted by atomic mass is 10.0. The van der Waals surface area contributed by atoms with Crippen LogP contribution in [0, 0.1) is 0 Å². The van der Waals surface area contributed by atoms with Crippen molar-refractivity contribution in [2.24, 2.45) is 0 Å². The lowest BCUT2D eigenvalue weighted by Gasteiger charge is -2.27. The van der Waals surface area contributed by atoms with E-state index in [2.05, 4.69) is 15.6 Å². The number of aromatic nitrogens is 1. The third kappa shape index (κ3) is 2.87. The van der Waals surface area contributed by atoms with Crippen LogP contribution in [0.3, 0.4) is 0 Å². The van der Waals surface area contributed by atoms with Crippen LogP contribution in [0.1, 0.15) is 30.9 Å². The molecular weight excluding hydrogens is 240 g/mol. The minimum absolute atomic E-state index is 0.0502. The largest absolute Gasteiger partial charge is 0.329 e. The minimum atomic E-state index is 0.0502. The molecule has 1 aromatic heterocycles. The molecule has 2 aliphatic rings. The zero-order chi connectivity index (χ0) is 13.1. The maximum atomic E-state index is 12.0. The maximum Gasteiger partial charge on any atom is 0.318 e. The quantitative estimate of drug-likeness (QED) is 0.861. The summed E-state index contributed by atoms with van der Waals surface area (Å²) in [6, 6.07) is 4.53. The number of rotatable bonds is 3. The second-order valence-corrected chi connectivity index (χ2v) is 5.33. The Morgan fingerprint density at radius 2 is 2.16 bits per heavy atom. The molecular formula is C14H20N4O. The highest BCUT2D eigenvalue weighted by Gasteiger charge is 2.31. The van der Waals surface area contributed by atoms with E-state index in [-0.39, 0.29) is 12.1 Å². The van der Waals surface area contributed by atoms with Gasteiger partial charge in [-0.1, -0.05) is 6.42 Å². The minimum Gasteiger partial charge on any atom is -0.329 e. The average molecular weight is 260 g/mol. The molecule has 0 aromatic carbocycles. The van der Waals surface area contributed by atoms with Crippen molar-refractivity contribution < 1.29 is 4.79 Å². The molecule has 2 N–H and O–H groups in total. The molecule has 2 atom stereocenters. The van der Waals surface area contributed by atoms with Gasteiger partial charge in [-0.25, -0.2) is 4.79 Å². The van der Waals surface area contributed by atoms with Gasteiger partial charge in [0.05, 0.1) is 6.04 Å². The molecule has 2 amide bonds. The highest BCUT2D eigenvalue weighted by Crippen LogP contribution is 2.20. The molecule has 2 fully saturated rings. The lowest BCUT2D eigenvalue weighted by molar-refractivity contribution is 0.207. The van der Waals surface area contributed by atoms with Crippen LogP contribution in [0.25, 0.3) is 0 Å². The second-order valence-electron chi connectivity index (χ2n) is 5.33. The van der Waals surface area contributed by atoms with Crippen LogP contribution in [0.2, 0.25) is 0 Å². The summed E-state index contributed by atoms with van der Waals surface area (Å²) in [7, 11) is 0. The van der Waals surface area contributed by atoms with Gasteiger partial charge in [-0.3, -0.25) is 4.98 Å². The highest BCUT2D eigenvalue weighted by atomic mass is 16.2. The molecule has 3 heterocycles. The van der Waals surface area contributed by atoms with Crippen molar-refractivity contribution in [2.75, 3.05) is 19.6 Å². The Labute approximate surface area is 113 Å². The van der Waals surface area contributed by atoms with E-state index in [0.717, 1.165) is 25.2 Å². The number of carbonyl (C=O) groups is 1. The molecule has 2 saturated heterocycles. The normalized spacial score (nSPS) is 27.4. The molecule has 0 saturated carbocycles. The van der Waals surface area contributed by atoms with Crippen molar-refractivity contribution in [1.82, 2.24) is 20.5 Å². The lowest BCUT2D eigenvalue weighted by Crippen LogP contribution is -2.44. The smallest absolute Gasteiger partial charge is 0.318 e. The first-order chi connectivity index (χ1) is 9.33. The van der Waals surface area contributed by atoms with Gasteiger partial charge in [0.1, 0.15) is 0 Å². The van der Waals surface area contributed by atoms with Crippen LogP contribution >= 0.6 is 0 Å². The van der Waals surface area contributed by atoms with Crippen LogP contribution < -0.4 is 10.6 Å². The standard InChI is InChI=1S/C14H20N4O/c19-14-17-13(11-4-7-15-8-5-11)10-18(14)9-12-3-1-2-6-16-12/h4-5,7-8,12-13,16H,1-3,6,9-10H2,(H,17,19). The number of nitrogens with one attached hydrogen (secondary N) is 2. The molecule has 5 heteroatoms. The van der Waals surface area contributed by atoms with Gasteiger partial charge in [0, 0.05) is 31.5 Å². The summed E-state index contributed by atoms with van der Waals surface area (Å²) in [6.45, 7) is 2.64. The summed E-state index contributed by atoms with van der Waals surface area (Å²) in [4.78, 5) is 17.9.